The molecule has 0 aliphatic heterocycles. The predicted molar refractivity (Wildman–Crippen MR) is 32.8 cm³/mol. The molecule has 0 radical (unpaired) electrons. The van der Waals surface area contributed by atoms with E-state index in [1.54, 1.807) is 0 Å². The highest BCUT2D eigenvalue weighted by atomic mass is 32.2. The van der Waals surface area contributed by atoms with Crippen molar-refractivity contribution < 1.29 is 12.6 Å². The van der Waals surface area contributed by atoms with Crippen LogP contribution in [0.5, 0.6) is 0 Å². The summed E-state index contributed by atoms with van der Waals surface area (Å²) in [5.41, 5.74) is 8.07. The number of azide groups is 1. The molecule has 9 heavy (non-hydrogen) atoms. The number of hydrogen-bond acceptors (Lipinski definition) is 4. The molecule has 0 aromatic carbocycles. The third-order valence-corrected chi connectivity index (χ3v) is 1.13. The van der Waals surface area contributed by atoms with Gasteiger partial charge in [0, 0.05) is 4.91 Å². The lowest BCUT2D eigenvalue weighted by Gasteiger charge is -1.87. The molecule has 0 aliphatic rings. The largest absolute Gasteiger partial charge is 0.403 e. The van der Waals surface area contributed by atoms with Crippen LogP contribution in [-0.4, -0.2) is 14.0 Å². The summed E-state index contributed by atoms with van der Waals surface area (Å²) < 4.78 is 26.2. The maximum absolute atomic E-state index is 10.1. The van der Waals surface area contributed by atoms with Crippen LogP contribution in [0.25, 0.3) is 10.4 Å². The van der Waals surface area contributed by atoms with Crippen LogP contribution in [0.3, 0.4) is 0 Å². The topological polar surface area (TPSA) is 92.1 Å². The minimum Gasteiger partial charge on any atom is -0.373 e. The Morgan fingerprint density at radius 3 is 2.67 bits per heavy atom. The quantitative estimate of drug-likeness (QED) is 0.265. The summed E-state index contributed by atoms with van der Waals surface area (Å²) >= 11 is 4.00. The minimum atomic E-state index is -4.13. The summed E-state index contributed by atoms with van der Waals surface area (Å²) in [7, 11) is -4.13. The van der Waals surface area contributed by atoms with E-state index in [0.29, 0.717) is 5.55 Å². The van der Waals surface area contributed by atoms with Gasteiger partial charge < -0.3 is 4.18 Å². The molecule has 0 saturated heterocycles. The lowest BCUT2D eigenvalue weighted by atomic mass is 11.7. The first-order chi connectivity index (χ1) is 4.12. The Kier molecular flexibility index (Phi) is 2.93. The second kappa shape index (κ2) is 3.23. The van der Waals surface area contributed by atoms with Crippen LogP contribution in [-0.2, 0) is 14.5 Å². The molecule has 0 saturated carbocycles. The van der Waals surface area contributed by atoms with E-state index >= 15 is 0 Å². The SMILES string of the molecule is [N-]=[N+]=NS(=O)(=O)OC=S. The Bertz CT molecular complexity index is 236. The smallest absolute Gasteiger partial charge is 0.373 e. The molecule has 0 atom stereocenters. The highest BCUT2D eigenvalue weighted by molar-refractivity contribution is 7.87. The van der Waals surface area contributed by atoms with Crippen molar-refractivity contribution >= 4 is 28.1 Å². The maximum atomic E-state index is 10.1. The van der Waals surface area contributed by atoms with Crippen molar-refractivity contribution in [1.29, 1.82) is 0 Å². The highest BCUT2D eigenvalue weighted by Gasteiger charge is 2.02. The van der Waals surface area contributed by atoms with E-state index in [2.05, 4.69) is 20.9 Å². The Balaban J connectivity index is 4.40. The third kappa shape index (κ3) is 3.71. The molecule has 0 spiro atoms. The molecule has 0 aliphatic carbocycles. The summed E-state index contributed by atoms with van der Waals surface area (Å²) in [6, 6.07) is 0. The molecule has 0 amide bonds. The van der Waals surface area contributed by atoms with E-state index in [4.69, 9.17) is 5.53 Å². The van der Waals surface area contributed by atoms with Crippen molar-refractivity contribution in [3.05, 3.63) is 10.4 Å². The van der Waals surface area contributed by atoms with E-state index in [9.17, 15) is 8.42 Å². The van der Waals surface area contributed by atoms with Gasteiger partial charge in [0.2, 0.25) is 0 Å². The zero-order chi connectivity index (χ0) is 7.33. The van der Waals surface area contributed by atoms with Crippen molar-refractivity contribution in [3.63, 3.8) is 0 Å². The maximum Gasteiger partial charge on any atom is 0.403 e. The van der Waals surface area contributed by atoms with E-state index in [1.165, 1.54) is 0 Å². The fourth-order valence-electron chi connectivity index (χ4n) is 0.114. The number of nitrogens with zero attached hydrogens (tertiary/aromatic N) is 3. The zero-order valence-electron chi connectivity index (χ0n) is 3.96. The van der Waals surface area contributed by atoms with Crippen molar-refractivity contribution in [3.8, 4) is 0 Å². The Morgan fingerprint density at radius 2 is 2.33 bits per heavy atom. The second-order valence-corrected chi connectivity index (χ2v) is 2.19. The van der Waals surface area contributed by atoms with Crippen molar-refractivity contribution in [2.75, 3.05) is 0 Å². The lowest BCUT2D eigenvalue weighted by molar-refractivity contribution is 0.498. The van der Waals surface area contributed by atoms with Gasteiger partial charge in [0.1, 0.15) is 0 Å². The summed E-state index contributed by atoms with van der Waals surface area (Å²) in [6.45, 7) is 0. The number of thiocarbonyl (C=S) groups is 1. The average molecular weight is 167 g/mol. The van der Waals surface area contributed by atoms with Crippen molar-refractivity contribution in [2.45, 2.75) is 0 Å². The molecule has 0 heterocycles. The van der Waals surface area contributed by atoms with Crippen molar-refractivity contribution in [2.24, 2.45) is 4.52 Å². The summed E-state index contributed by atoms with van der Waals surface area (Å²) in [6.07, 6.45) is 0. The van der Waals surface area contributed by atoms with Gasteiger partial charge in [0.15, 0.2) is 5.55 Å². The molecule has 50 valence electrons. The Labute approximate surface area is 56.3 Å². The van der Waals surface area contributed by atoms with Crippen LogP contribution in [0.15, 0.2) is 4.52 Å². The van der Waals surface area contributed by atoms with Gasteiger partial charge in [-0.25, -0.2) is 0 Å². The fraction of sp³-hybridized carbons (Fsp3) is 0. The van der Waals surface area contributed by atoms with E-state index in [-0.39, 0.29) is 0 Å². The van der Waals surface area contributed by atoms with E-state index < -0.39 is 10.3 Å². The van der Waals surface area contributed by atoms with E-state index in [1.807, 2.05) is 4.91 Å². The van der Waals surface area contributed by atoms with Gasteiger partial charge in [0.25, 0.3) is 0 Å². The monoisotopic (exact) mass is 167 g/mol. The van der Waals surface area contributed by atoms with Gasteiger partial charge >= 0.3 is 10.3 Å². The van der Waals surface area contributed by atoms with E-state index in [0.717, 1.165) is 0 Å². The highest BCUT2D eigenvalue weighted by Crippen LogP contribution is 1.91. The Hall–Kier alpha value is -0.850. The van der Waals surface area contributed by atoms with Crippen molar-refractivity contribution in [1.82, 2.24) is 0 Å². The van der Waals surface area contributed by atoms with Crippen LogP contribution >= 0.6 is 12.2 Å². The van der Waals surface area contributed by atoms with Gasteiger partial charge in [-0.3, -0.25) is 0 Å². The number of rotatable bonds is 3. The van der Waals surface area contributed by atoms with Crippen LogP contribution < -0.4 is 0 Å². The molecule has 0 rings (SSSR count). The standard InChI is InChI=1S/CHN3O3S2/c2-3-4-9(5,6)7-1-8/h1H. The molecule has 0 aromatic heterocycles. The normalized spacial score (nSPS) is 9.33. The zero-order valence-corrected chi connectivity index (χ0v) is 5.59. The summed E-state index contributed by atoms with van der Waals surface area (Å²) in [4.78, 5) is 1.97. The molecule has 0 fully saturated rings. The lowest BCUT2D eigenvalue weighted by Crippen LogP contribution is -1.96. The molecule has 0 bridgehead atoms. The molecule has 0 aromatic rings. The molecule has 8 heteroatoms. The first-order valence-corrected chi connectivity index (χ1v) is 3.39. The Morgan fingerprint density at radius 1 is 1.78 bits per heavy atom. The second-order valence-electron chi connectivity index (χ2n) is 0.791. The average Bonchev–Trinajstić information content (AvgIpc) is 1.64. The van der Waals surface area contributed by atoms with Gasteiger partial charge in [-0.2, -0.15) is 8.42 Å². The molecular formula is CHN3O3S2. The number of hydrogen-bond donors (Lipinski definition) is 0. The van der Waals surface area contributed by atoms with Gasteiger partial charge in [-0.1, -0.05) is 0 Å². The predicted octanol–water partition coefficient (Wildman–Crippen LogP) is 0.515. The van der Waals surface area contributed by atoms with Crippen LogP contribution in [0.1, 0.15) is 0 Å². The van der Waals surface area contributed by atoms with Crippen LogP contribution in [0.2, 0.25) is 0 Å². The minimum absolute atomic E-state index is 0.490. The first-order valence-electron chi connectivity index (χ1n) is 1.55. The van der Waals surface area contributed by atoms with Gasteiger partial charge in [-0.15, -0.1) is 0 Å². The van der Waals surface area contributed by atoms with Gasteiger partial charge in [-0.05, 0) is 17.7 Å². The van der Waals surface area contributed by atoms with Crippen LogP contribution in [0, 0.1) is 0 Å². The first kappa shape index (κ1) is 8.15. The summed E-state index contributed by atoms with van der Waals surface area (Å²) in [5, 5.41) is 0. The molecule has 6 nitrogen and oxygen atoms in total. The molecule has 0 unspecified atom stereocenters. The molecular weight excluding hydrogens is 166 g/mol. The third-order valence-electron chi connectivity index (χ3n) is 0.297. The van der Waals surface area contributed by atoms with Gasteiger partial charge in [0.05, 0.1) is 4.52 Å². The fourth-order valence-corrected chi connectivity index (χ4v) is 0.639. The molecule has 0 N–H and O–H groups in total. The summed E-state index contributed by atoms with van der Waals surface area (Å²) in [5.74, 6) is 0. The van der Waals surface area contributed by atoms with Crippen LogP contribution in [0.4, 0.5) is 0 Å².